The molecule has 4 N–H and O–H groups in total. The van der Waals surface area contributed by atoms with Crippen molar-refractivity contribution in [3.63, 3.8) is 0 Å². The summed E-state index contributed by atoms with van der Waals surface area (Å²) < 4.78 is 21.4. The number of fused-ring (bicyclic) bond motifs is 1. The third kappa shape index (κ3) is 9.70. The number of rotatable bonds is 16. The summed E-state index contributed by atoms with van der Waals surface area (Å²) in [5.41, 5.74) is 8.04. The van der Waals surface area contributed by atoms with Gasteiger partial charge in [0, 0.05) is 17.0 Å². The van der Waals surface area contributed by atoms with E-state index in [-0.39, 0.29) is 18.1 Å². The Morgan fingerprint density at radius 1 is 1.06 bits per heavy atom. The maximum absolute atomic E-state index is 14.6. The van der Waals surface area contributed by atoms with Crippen molar-refractivity contribution in [3.05, 3.63) is 76.0 Å². The summed E-state index contributed by atoms with van der Waals surface area (Å²) in [6.45, 7) is 3.86. The third-order valence-corrected chi connectivity index (χ3v) is 9.43. The molecule has 49 heavy (non-hydrogen) atoms. The molecule has 3 heterocycles. The number of carboxylic acids is 1. The van der Waals surface area contributed by atoms with Gasteiger partial charge in [-0.15, -0.1) is 21.5 Å². The Morgan fingerprint density at radius 3 is 2.63 bits per heavy atom. The Kier molecular flexibility index (Phi) is 12.4. The second-order valence-electron chi connectivity index (χ2n) is 11.6. The predicted octanol–water partition coefficient (Wildman–Crippen LogP) is 6.62. The number of para-hydroxylation sites is 1. The predicted molar refractivity (Wildman–Crippen MR) is 194 cm³/mol. The fourth-order valence-electron chi connectivity index (χ4n) is 4.85. The lowest BCUT2D eigenvalue weighted by Gasteiger charge is -2.21. The number of hydrogen-bond donors (Lipinski definition) is 3. The van der Waals surface area contributed by atoms with Crippen LogP contribution in [0.1, 0.15) is 52.2 Å². The van der Waals surface area contributed by atoms with Crippen molar-refractivity contribution in [2.75, 3.05) is 50.6 Å². The van der Waals surface area contributed by atoms with E-state index in [4.69, 9.17) is 10.5 Å². The average Bonchev–Trinajstić information content (AvgIpc) is 3.69. The van der Waals surface area contributed by atoms with Gasteiger partial charge in [0.15, 0.2) is 39.2 Å². The third-order valence-electron chi connectivity index (χ3n) is 7.34. The van der Waals surface area contributed by atoms with E-state index in [9.17, 15) is 14.3 Å². The standard InChI is InChI=1S/C35H39FN8O3S2/c1-23-21-30(41-42-32(23)40-34-38-26-12-5-6-13-28(26)48-34)44(19-8-4-7-17-37)35-39-31(33(45)46)29(49-35)14-10-20-47-27-16-15-24(22-25(27)36)11-9-18-43(2)3/h5-6,12-13,15-16,21-22H,4,7-8,10,14,17-20,37H2,1-3H3,(H,45,46)(H,38,40,42). The minimum absolute atomic E-state index is 0.0161. The molecule has 2 aromatic carbocycles. The van der Waals surface area contributed by atoms with Gasteiger partial charge in [-0.1, -0.05) is 41.7 Å². The van der Waals surface area contributed by atoms with E-state index < -0.39 is 11.8 Å². The topological polar surface area (TPSA) is 143 Å². The van der Waals surface area contributed by atoms with Gasteiger partial charge >= 0.3 is 5.97 Å². The van der Waals surface area contributed by atoms with Crippen molar-refractivity contribution in [2.24, 2.45) is 5.73 Å². The van der Waals surface area contributed by atoms with Gasteiger partial charge in [0.2, 0.25) is 0 Å². The van der Waals surface area contributed by atoms with E-state index in [0.717, 1.165) is 35.0 Å². The van der Waals surface area contributed by atoms with E-state index in [1.165, 1.54) is 28.7 Å². The van der Waals surface area contributed by atoms with Crippen molar-refractivity contribution >= 4 is 60.8 Å². The van der Waals surface area contributed by atoms with Crippen LogP contribution >= 0.6 is 22.7 Å². The van der Waals surface area contributed by atoms with Crippen molar-refractivity contribution in [2.45, 2.75) is 39.0 Å². The van der Waals surface area contributed by atoms with Gasteiger partial charge in [0.25, 0.3) is 0 Å². The van der Waals surface area contributed by atoms with Crippen LogP contribution in [-0.2, 0) is 6.42 Å². The Balaban J connectivity index is 1.29. The van der Waals surface area contributed by atoms with Gasteiger partial charge in [-0.2, -0.15) is 0 Å². The van der Waals surface area contributed by atoms with Crippen molar-refractivity contribution in [3.8, 4) is 17.6 Å². The second kappa shape index (κ2) is 17.1. The van der Waals surface area contributed by atoms with E-state index >= 15 is 0 Å². The van der Waals surface area contributed by atoms with Crippen molar-refractivity contribution in [1.29, 1.82) is 0 Å². The number of nitrogens with zero attached hydrogens (tertiary/aromatic N) is 6. The van der Waals surface area contributed by atoms with Crippen LogP contribution in [0.4, 0.5) is 26.3 Å². The SMILES string of the molecule is Cc1cc(N(CCCCCN)c2nc(C(=O)O)c(CCCOc3ccc(C#CCN(C)C)cc3F)s2)nnc1Nc1nc2ccccc2s1. The van der Waals surface area contributed by atoms with Crippen LogP contribution in [0, 0.1) is 24.6 Å². The molecule has 0 radical (unpaired) electrons. The number of ether oxygens (including phenoxy) is 1. The number of hydrogen-bond acceptors (Lipinski definition) is 12. The van der Waals surface area contributed by atoms with Gasteiger partial charge in [-0.25, -0.2) is 19.2 Å². The Bertz CT molecular complexity index is 1920. The number of nitrogens with two attached hydrogens (primary N) is 1. The first-order valence-electron chi connectivity index (χ1n) is 15.9. The first-order valence-corrected chi connectivity index (χ1v) is 17.6. The molecule has 0 amide bonds. The molecule has 0 aliphatic heterocycles. The molecule has 5 rings (SSSR count). The first-order chi connectivity index (χ1) is 23.7. The lowest BCUT2D eigenvalue weighted by atomic mass is 10.2. The molecule has 11 nitrogen and oxygen atoms in total. The van der Waals surface area contributed by atoms with Crippen LogP contribution in [0.3, 0.4) is 0 Å². The van der Waals surface area contributed by atoms with Crippen LogP contribution < -0.4 is 20.7 Å². The fraction of sp³-hybridized carbons (Fsp3) is 0.343. The summed E-state index contributed by atoms with van der Waals surface area (Å²) in [5, 5.41) is 23.5. The Labute approximate surface area is 293 Å². The molecule has 0 bridgehead atoms. The number of aromatic carboxylic acids is 1. The number of nitrogens with one attached hydrogen (secondary N) is 1. The smallest absolute Gasteiger partial charge is 0.355 e. The highest BCUT2D eigenvalue weighted by atomic mass is 32.1. The van der Waals surface area contributed by atoms with Crippen LogP contribution in [0.15, 0.2) is 48.5 Å². The van der Waals surface area contributed by atoms with E-state index in [1.807, 2.05) is 61.2 Å². The zero-order valence-corrected chi connectivity index (χ0v) is 29.3. The normalized spacial score (nSPS) is 11.1. The maximum atomic E-state index is 14.6. The lowest BCUT2D eigenvalue weighted by molar-refractivity contribution is 0.0690. The molecular weight excluding hydrogens is 664 g/mol. The molecule has 0 unspecified atom stereocenters. The summed E-state index contributed by atoms with van der Waals surface area (Å²) in [4.78, 5) is 25.9. The zero-order chi connectivity index (χ0) is 34.8. The fourth-order valence-corrected chi connectivity index (χ4v) is 6.85. The van der Waals surface area contributed by atoms with Gasteiger partial charge in [-0.05, 0) is 95.2 Å². The highest BCUT2D eigenvalue weighted by molar-refractivity contribution is 7.22. The zero-order valence-electron chi connectivity index (χ0n) is 27.7. The van der Waals surface area contributed by atoms with Gasteiger partial charge in [0.1, 0.15) is 0 Å². The summed E-state index contributed by atoms with van der Waals surface area (Å²) in [5.74, 6) is 5.58. The summed E-state index contributed by atoms with van der Waals surface area (Å²) in [6, 6.07) is 14.5. The number of carbonyl (C=O) groups is 1. The molecule has 0 aliphatic rings. The summed E-state index contributed by atoms with van der Waals surface area (Å²) in [7, 11) is 3.83. The number of aryl methyl sites for hydroxylation is 2. The first kappa shape index (κ1) is 35.6. The van der Waals surface area contributed by atoms with E-state index in [2.05, 4.69) is 37.3 Å². The molecule has 0 aliphatic carbocycles. The molecule has 0 saturated carbocycles. The number of aromatic nitrogens is 4. The van der Waals surface area contributed by atoms with Crippen LogP contribution in [-0.4, -0.2) is 76.5 Å². The highest BCUT2D eigenvalue weighted by Gasteiger charge is 2.23. The largest absolute Gasteiger partial charge is 0.491 e. The molecule has 256 valence electrons. The molecule has 0 fully saturated rings. The number of anilines is 4. The number of unbranched alkanes of at least 4 members (excludes halogenated alkanes) is 2. The molecule has 3 aromatic heterocycles. The van der Waals surface area contributed by atoms with Gasteiger partial charge < -0.3 is 25.8 Å². The molecule has 0 saturated heterocycles. The van der Waals surface area contributed by atoms with Crippen molar-refractivity contribution < 1.29 is 19.0 Å². The van der Waals surface area contributed by atoms with Crippen LogP contribution in [0.2, 0.25) is 0 Å². The minimum atomic E-state index is -1.11. The van der Waals surface area contributed by atoms with E-state index in [1.54, 1.807) is 12.1 Å². The molecule has 0 atom stereocenters. The Morgan fingerprint density at radius 2 is 1.90 bits per heavy atom. The number of thiazole rings is 2. The average molecular weight is 703 g/mol. The lowest BCUT2D eigenvalue weighted by Crippen LogP contribution is -2.21. The van der Waals surface area contributed by atoms with Crippen LogP contribution in [0.25, 0.3) is 10.2 Å². The number of benzene rings is 2. The molecule has 14 heteroatoms. The highest BCUT2D eigenvalue weighted by Crippen LogP contribution is 2.34. The summed E-state index contributed by atoms with van der Waals surface area (Å²) in [6.07, 6.45) is 3.44. The second-order valence-corrected chi connectivity index (χ2v) is 13.6. The molecule has 0 spiro atoms. The number of carboxylic acid groups (broad SMARTS) is 1. The Hall–Kier alpha value is -4.68. The number of halogens is 1. The van der Waals surface area contributed by atoms with Crippen molar-refractivity contribution in [1.82, 2.24) is 25.1 Å². The molecular formula is C35H39FN8O3S2. The quantitative estimate of drug-likeness (QED) is 0.0754. The minimum Gasteiger partial charge on any atom is -0.491 e. The van der Waals surface area contributed by atoms with Gasteiger partial charge in [-0.3, -0.25) is 4.90 Å². The van der Waals surface area contributed by atoms with Crippen LogP contribution in [0.5, 0.6) is 5.75 Å². The monoisotopic (exact) mass is 702 g/mol. The van der Waals surface area contributed by atoms with E-state index in [0.29, 0.717) is 64.8 Å². The van der Waals surface area contributed by atoms with Gasteiger partial charge in [0.05, 0.1) is 23.4 Å². The summed E-state index contributed by atoms with van der Waals surface area (Å²) >= 11 is 2.83. The molecule has 5 aromatic rings. The maximum Gasteiger partial charge on any atom is 0.355 e.